The Morgan fingerprint density at radius 2 is 2.00 bits per heavy atom. The summed E-state index contributed by atoms with van der Waals surface area (Å²) < 4.78 is 4.58. The summed E-state index contributed by atoms with van der Waals surface area (Å²) in [5.74, 6) is 0. The van der Waals surface area contributed by atoms with Gasteiger partial charge in [-0.1, -0.05) is 30.3 Å². The molecule has 4 nitrogen and oxygen atoms in total. The van der Waals surface area contributed by atoms with Crippen LogP contribution < -0.4 is 11.1 Å². The van der Waals surface area contributed by atoms with Gasteiger partial charge in [0.2, 0.25) is 0 Å². The molecule has 0 unspecified atom stereocenters. The molecule has 88 valence electrons. The smallest absolute Gasteiger partial charge is 0.404 e. The number of aryl methyl sites for hydroxylation is 1. The van der Waals surface area contributed by atoms with Crippen molar-refractivity contribution < 1.29 is 9.53 Å². The van der Waals surface area contributed by atoms with Crippen LogP contribution in [0.25, 0.3) is 0 Å². The van der Waals surface area contributed by atoms with E-state index in [2.05, 4.69) is 22.2 Å². The predicted octanol–water partition coefficient (Wildman–Crippen LogP) is 1.30. The Labute approximate surface area is 95.8 Å². The summed E-state index contributed by atoms with van der Waals surface area (Å²) in [7, 11) is 0. The van der Waals surface area contributed by atoms with Crippen molar-refractivity contribution in [2.45, 2.75) is 12.8 Å². The second-order valence-electron chi connectivity index (χ2n) is 3.51. The number of ether oxygens (including phenoxy) is 1. The van der Waals surface area contributed by atoms with Gasteiger partial charge in [-0.2, -0.15) is 0 Å². The fourth-order valence-corrected chi connectivity index (χ4v) is 1.41. The predicted molar refractivity (Wildman–Crippen MR) is 63.2 cm³/mol. The summed E-state index contributed by atoms with van der Waals surface area (Å²) in [5, 5.41) is 3.18. The first-order valence-corrected chi connectivity index (χ1v) is 5.46. The minimum atomic E-state index is -0.717. The maximum absolute atomic E-state index is 10.2. The van der Waals surface area contributed by atoms with Gasteiger partial charge in [0.25, 0.3) is 0 Å². The largest absolute Gasteiger partial charge is 0.448 e. The van der Waals surface area contributed by atoms with Crippen molar-refractivity contribution in [3.05, 3.63) is 35.9 Å². The van der Waals surface area contributed by atoms with Crippen molar-refractivity contribution in [1.82, 2.24) is 5.32 Å². The van der Waals surface area contributed by atoms with Crippen molar-refractivity contribution in [2.75, 3.05) is 19.7 Å². The third-order valence-corrected chi connectivity index (χ3v) is 2.18. The molecule has 0 atom stereocenters. The third kappa shape index (κ3) is 6.03. The highest BCUT2D eigenvalue weighted by Crippen LogP contribution is 2.01. The maximum Gasteiger partial charge on any atom is 0.404 e. The van der Waals surface area contributed by atoms with Crippen molar-refractivity contribution in [2.24, 2.45) is 5.73 Å². The van der Waals surface area contributed by atoms with Crippen molar-refractivity contribution in [3.63, 3.8) is 0 Å². The highest BCUT2D eigenvalue weighted by Gasteiger charge is 1.94. The van der Waals surface area contributed by atoms with Gasteiger partial charge in [-0.15, -0.1) is 0 Å². The summed E-state index contributed by atoms with van der Waals surface area (Å²) in [6.45, 7) is 1.90. The van der Waals surface area contributed by atoms with Crippen LogP contribution in [0.3, 0.4) is 0 Å². The number of rotatable bonds is 7. The maximum atomic E-state index is 10.2. The molecule has 0 radical (unpaired) electrons. The van der Waals surface area contributed by atoms with E-state index in [1.165, 1.54) is 5.56 Å². The molecule has 0 aliphatic rings. The van der Waals surface area contributed by atoms with Crippen LogP contribution in [-0.2, 0) is 11.2 Å². The number of hydrogen-bond donors (Lipinski definition) is 2. The van der Waals surface area contributed by atoms with E-state index in [1.54, 1.807) is 0 Å². The van der Waals surface area contributed by atoms with Gasteiger partial charge in [0.15, 0.2) is 0 Å². The lowest BCUT2D eigenvalue weighted by atomic mass is 10.1. The van der Waals surface area contributed by atoms with E-state index in [1.807, 2.05) is 18.2 Å². The molecule has 0 bridgehead atoms. The summed E-state index contributed by atoms with van der Waals surface area (Å²) in [6, 6.07) is 10.3. The number of benzene rings is 1. The highest BCUT2D eigenvalue weighted by atomic mass is 16.5. The van der Waals surface area contributed by atoms with Gasteiger partial charge < -0.3 is 15.8 Å². The topological polar surface area (TPSA) is 64.4 Å². The quantitative estimate of drug-likeness (QED) is 0.683. The molecular weight excluding hydrogens is 204 g/mol. The molecule has 0 saturated carbocycles. The van der Waals surface area contributed by atoms with E-state index < -0.39 is 6.09 Å². The Balaban J connectivity index is 1.94. The first-order valence-electron chi connectivity index (χ1n) is 5.46. The van der Waals surface area contributed by atoms with Crippen LogP contribution in [0.1, 0.15) is 12.0 Å². The van der Waals surface area contributed by atoms with Crippen molar-refractivity contribution >= 4 is 6.09 Å². The lowest BCUT2D eigenvalue weighted by molar-refractivity contribution is 0.157. The molecule has 0 aliphatic heterocycles. The summed E-state index contributed by atoms with van der Waals surface area (Å²) in [6.07, 6.45) is 1.41. The second-order valence-corrected chi connectivity index (χ2v) is 3.51. The van der Waals surface area contributed by atoms with E-state index >= 15 is 0 Å². The molecule has 1 aromatic rings. The molecule has 16 heavy (non-hydrogen) atoms. The molecule has 0 aromatic heterocycles. The van der Waals surface area contributed by atoms with Crippen molar-refractivity contribution in [3.8, 4) is 0 Å². The Morgan fingerprint density at radius 1 is 1.25 bits per heavy atom. The van der Waals surface area contributed by atoms with Crippen molar-refractivity contribution in [1.29, 1.82) is 0 Å². The molecular formula is C12H18N2O2. The standard InChI is InChI=1S/C12H18N2O2/c13-12(15)16-10-9-14-8-4-7-11-5-2-1-3-6-11/h1-3,5-6,14H,4,7-10H2,(H2,13,15). The Bertz CT molecular complexity index is 301. The molecule has 0 heterocycles. The lowest BCUT2D eigenvalue weighted by Gasteiger charge is -2.04. The molecule has 4 heteroatoms. The molecule has 1 amide bonds. The zero-order valence-electron chi connectivity index (χ0n) is 9.32. The van der Waals surface area contributed by atoms with Crippen LogP contribution in [0.5, 0.6) is 0 Å². The third-order valence-electron chi connectivity index (χ3n) is 2.18. The number of nitrogens with one attached hydrogen (secondary N) is 1. The van der Waals surface area contributed by atoms with E-state index in [9.17, 15) is 4.79 Å². The number of primary amides is 1. The van der Waals surface area contributed by atoms with Crippen LogP contribution in [0.4, 0.5) is 4.79 Å². The van der Waals surface area contributed by atoms with E-state index in [0.29, 0.717) is 13.2 Å². The SMILES string of the molecule is NC(=O)OCCNCCCc1ccccc1. The molecule has 1 rings (SSSR count). The Morgan fingerprint density at radius 3 is 2.69 bits per heavy atom. The summed E-state index contributed by atoms with van der Waals surface area (Å²) in [4.78, 5) is 10.2. The average Bonchev–Trinajstić information content (AvgIpc) is 2.29. The van der Waals surface area contributed by atoms with Gasteiger partial charge in [-0.3, -0.25) is 0 Å². The molecule has 0 spiro atoms. The molecule has 0 saturated heterocycles. The summed E-state index contributed by atoms with van der Waals surface area (Å²) >= 11 is 0. The number of hydrogen-bond acceptors (Lipinski definition) is 3. The average molecular weight is 222 g/mol. The number of carbonyl (C=O) groups is 1. The fraction of sp³-hybridized carbons (Fsp3) is 0.417. The first kappa shape index (κ1) is 12.5. The molecule has 3 N–H and O–H groups in total. The molecule has 0 fully saturated rings. The normalized spacial score (nSPS) is 10.0. The Kier molecular flexibility index (Phi) is 6.03. The van der Waals surface area contributed by atoms with Gasteiger partial charge in [-0.25, -0.2) is 4.79 Å². The summed E-state index contributed by atoms with van der Waals surface area (Å²) in [5.41, 5.74) is 6.17. The minimum Gasteiger partial charge on any atom is -0.448 e. The van der Waals surface area contributed by atoms with Crippen LogP contribution in [-0.4, -0.2) is 25.8 Å². The first-order chi connectivity index (χ1) is 7.79. The molecule has 0 aliphatic carbocycles. The van der Waals surface area contributed by atoms with Gasteiger partial charge in [-0.05, 0) is 24.9 Å². The van der Waals surface area contributed by atoms with Crippen LogP contribution in [0, 0.1) is 0 Å². The lowest BCUT2D eigenvalue weighted by Crippen LogP contribution is -2.24. The molecule has 1 aromatic carbocycles. The van der Waals surface area contributed by atoms with Crippen LogP contribution in [0.2, 0.25) is 0 Å². The zero-order chi connectivity index (χ0) is 11.6. The van der Waals surface area contributed by atoms with E-state index in [0.717, 1.165) is 19.4 Å². The van der Waals surface area contributed by atoms with Gasteiger partial charge >= 0.3 is 6.09 Å². The fourth-order valence-electron chi connectivity index (χ4n) is 1.41. The van der Waals surface area contributed by atoms with Gasteiger partial charge in [0.05, 0.1) is 0 Å². The number of amides is 1. The monoisotopic (exact) mass is 222 g/mol. The van der Waals surface area contributed by atoms with E-state index in [-0.39, 0.29) is 0 Å². The number of nitrogens with two attached hydrogens (primary N) is 1. The van der Waals surface area contributed by atoms with Crippen LogP contribution >= 0.6 is 0 Å². The highest BCUT2D eigenvalue weighted by molar-refractivity contribution is 5.64. The second kappa shape index (κ2) is 7.70. The van der Waals surface area contributed by atoms with Crippen LogP contribution in [0.15, 0.2) is 30.3 Å². The minimum absolute atomic E-state index is 0.334. The van der Waals surface area contributed by atoms with Gasteiger partial charge in [0, 0.05) is 6.54 Å². The van der Waals surface area contributed by atoms with E-state index in [4.69, 9.17) is 5.73 Å². The van der Waals surface area contributed by atoms with Gasteiger partial charge in [0.1, 0.15) is 6.61 Å². The number of carbonyl (C=O) groups excluding carboxylic acids is 1. The Hall–Kier alpha value is -1.55. The zero-order valence-corrected chi connectivity index (χ0v) is 9.32.